The average Bonchev–Trinajstić information content (AvgIpc) is 2.66. The number of nitrogens with one attached hydrogen (secondary N) is 1. The Bertz CT molecular complexity index is 825. The summed E-state index contributed by atoms with van der Waals surface area (Å²) in [5, 5.41) is 2.72. The van der Waals surface area contributed by atoms with Crippen molar-refractivity contribution in [3.8, 4) is 11.5 Å². The molecule has 136 valence electrons. The molecule has 1 heterocycles. The van der Waals surface area contributed by atoms with Crippen LogP contribution in [0.2, 0.25) is 0 Å². The van der Waals surface area contributed by atoms with E-state index < -0.39 is 11.7 Å². The number of rotatable bonds is 5. The van der Waals surface area contributed by atoms with Crippen LogP contribution in [0.1, 0.15) is 17.3 Å². The number of hydrogen-bond donors (Lipinski definition) is 1. The summed E-state index contributed by atoms with van der Waals surface area (Å²) >= 11 is 0. The number of hydrogen-bond acceptors (Lipinski definition) is 4. The number of fused-ring (bicyclic) bond motifs is 1. The molecule has 1 aliphatic heterocycles. The lowest BCUT2D eigenvalue weighted by Crippen LogP contribution is -2.38. The lowest BCUT2D eigenvalue weighted by molar-refractivity contribution is -0.116. The van der Waals surface area contributed by atoms with Crippen LogP contribution >= 0.6 is 0 Å². The Kier molecular flexibility index (Phi) is 5.36. The molecule has 0 atom stereocenters. The molecule has 7 heteroatoms. The van der Waals surface area contributed by atoms with Crippen molar-refractivity contribution >= 4 is 17.5 Å². The van der Waals surface area contributed by atoms with Crippen LogP contribution in [0.4, 0.5) is 10.1 Å². The second-order valence-corrected chi connectivity index (χ2v) is 5.71. The fourth-order valence-electron chi connectivity index (χ4n) is 2.63. The number of halogens is 1. The van der Waals surface area contributed by atoms with Gasteiger partial charge in [0.1, 0.15) is 25.6 Å². The molecule has 0 aromatic heterocycles. The van der Waals surface area contributed by atoms with E-state index in [1.807, 2.05) is 0 Å². The molecular formula is C19H19FN2O4. The number of anilines is 1. The van der Waals surface area contributed by atoms with Crippen molar-refractivity contribution in [2.24, 2.45) is 0 Å². The van der Waals surface area contributed by atoms with Gasteiger partial charge in [0.25, 0.3) is 5.91 Å². The minimum Gasteiger partial charge on any atom is -0.486 e. The molecule has 2 amide bonds. The van der Waals surface area contributed by atoms with Crippen molar-refractivity contribution in [3.05, 3.63) is 53.8 Å². The van der Waals surface area contributed by atoms with Crippen LogP contribution in [0.3, 0.4) is 0 Å². The lowest BCUT2D eigenvalue weighted by Gasteiger charge is -2.21. The molecule has 0 spiro atoms. The van der Waals surface area contributed by atoms with Crippen molar-refractivity contribution in [1.82, 2.24) is 4.90 Å². The quantitative estimate of drug-likeness (QED) is 0.892. The van der Waals surface area contributed by atoms with Gasteiger partial charge in [0.15, 0.2) is 11.5 Å². The molecule has 0 fully saturated rings. The third kappa shape index (κ3) is 3.93. The van der Waals surface area contributed by atoms with E-state index in [0.717, 1.165) is 0 Å². The van der Waals surface area contributed by atoms with Gasteiger partial charge in [-0.3, -0.25) is 9.59 Å². The molecule has 0 radical (unpaired) electrons. The average molecular weight is 358 g/mol. The van der Waals surface area contributed by atoms with Crippen LogP contribution in [0.5, 0.6) is 11.5 Å². The second-order valence-electron chi connectivity index (χ2n) is 5.71. The summed E-state index contributed by atoms with van der Waals surface area (Å²) in [4.78, 5) is 26.0. The predicted molar refractivity (Wildman–Crippen MR) is 94.0 cm³/mol. The minimum absolute atomic E-state index is 0.0542. The summed E-state index contributed by atoms with van der Waals surface area (Å²) in [6.45, 7) is 2.77. The van der Waals surface area contributed by atoms with Crippen LogP contribution in [-0.4, -0.2) is 43.0 Å². The zero-order valence-corrected chi connectivity index (χ0v) is 14.3. The maximum atomic E-state index is 13.8. The minimum atomic E-state index is -0.608. The van der Waals surface area contributed by atoms with E-state index in [2.05, 4.69) is 5.32 Å². The zero-order valence-electron chi connectivity index (χ0n) is 14.3. The second kappa shape index (κ2) is 7.86. The molecule has 2 aromatic rings. The van der Waals surface area contributed by atoms with Gasteiger partial charge in [-0.2, -0.15) is 0 Å². The van der Waals surface area contributed by atoms with Crippen LogP contribution < -0.4 is 14.8 Å². The van der Waals surface area contributed by atoms with Gasteiger partial charge in [-0.1, -0.05) is 12.1 Å². The predicted octanol–water partition coefficient (Wildman–Crippen LogP) is 2.70. The Balaban J connectivity index is 1.66. The van der Waals surface area contributed by atoms with Gasteiger partial charge in [-0.05, 0) is 31.2 Å². The molecule has 3 rings (SSSR count). The summed E-state index contributed by atoms with van der Waals surface area (Å²) in [5.41, 5.74) is 0.482. The summed E-state index contributed by atoms with van der Waals surface area (Å²) in [5.74, 6) is -0.331. The first kappa shape index (κ1) is 17.7. The maximum Gasteiger partial charge on any atom is 0.257 e. The summed E-state index contributed by atoms with van der Waals surface area (Å²) in [6.07, 6.45) is 0. The van der Waals surface area contributed by atoms with Gasteiger partial charge in [-0.15, -0.1) is 0 Å². The molecule has 0 saturated carbocycles. The molecule has 0 aliphatic carbocycles. The van der Waals surface area contributed by atoms with Crippen molar-refractivity contribution < 1.29 is 23.5 Å². The van der Waals surface area contributed by atoms with Gasteiger partial charge in [0.2, 0.25) is 5.91 Å². The smallest absolute Gasteiger partial charge is 0.257 e. The largest absolute Gasteiger partial charge is 0.486 e. The number of carbonyl (C=O) groups is 2. The van der Waals surface area contributed by atoms with E-state index >= 15 is 0 Å². The molecular weight excluding hydrogens is 339 g/mol. The number of likely N-dealkylation sites (N-methyl/N-ethyl adjacent to an activating group) is 1. The lowest BCUT2D eigenvalue weighted by atomic mass is 10.2. The van der Waals surface area contributed by atoms with E-state index in [1.54, 1.807) is 31.2 Å². The highest BCUT2D eigenvalue weighted by atomic mass is 19.1. The number of ether oxygens (including phenoxy) is 2. The van der Waals surface area contributed by atoms with E-state index in [-0.39, 0.29) is 24.6 Å². The van der Waals surface area contributed by atoms with Crippen molar-refractivity contribution in [2.45, 2.75) is 6.92 Å². The van der Waals surface area contributed by atoms with E-state index in [4.69, 9.17) is 9.47 Å². The van der Waals surface area contributed by atoms with Gasteiger partial charge in [-0.25, -0.2) is 4.39 Å². The number of nitrogens with zero attached hydrogens (tertiary/aromatic N) is 1. The molecule has 1 N–H and O–H groups in total. The topological polar surface area (TPSA) is 67.9 Å². The Morgan fingerprint density at radius 1 is 1.12 bits per heavy atom. The van der Waals surface area contributed by atoms with Crippen LogP contribution in [-0.2, 0) is 4.79 Å². The Labute approximate surface area is 150 Å². The number of benzene rings is 2. The standard InChI is InChI=1S/C19H19FN2O4/c1-2-22(19(24)14-5-3-4-6-15(14)20)12-18(23)21-13-7-8-16-17(11-13)26-10-9-25-16/h3-8,11H,2,9-10,12H2,1H3,(H,21,23). The molecule has 0 bridgehead atoms. The van der Waals surface area contributed by atoms with E-state index in [9.17, 15) is 14.0 Å². The van der Waals surface area contributed by atoms with Gasteiger partial charge in [0.05, 0.1) is 5.56 Å². The normalized spacial score (nSPS) is 12.4. The summed E-state index contributed by atoms with van der Waals surface area (Å²) < 4.78 is 24.7. The van der Waals surface area contributed by atoms with Gasteiger partial charge in [0, 0.05) is 18.3 Å². The molecule has 2 aromatic carbocycles. The van der Waals surface area contributed by atoms with Crippen molar-refractivity contribution in [1.29, 1.82) is 0 Å². The Morgan fingerprint density at radius 2 is 1.85 bits per heavy atom. The molecule has 1 aliphatic rings. The van der Waals surface area contributed by atoms with E-state index in [1.165, 1.54) is 23.1 Å². The molecule has 26 heavy (non-hydrogen) atoms. The van der Waals surface area contributed by atoms with Gasteiger partial charge < -0.3 is 19.7 Å². The maximum absolute atomic E-state index is 13.8. The van der Waals surface area contributed by atoms with Crippen molar-refractivity contribution in [2.75, 3.05) is 31.6 Å². The highest BCUT2D eigenvalue weighted by molar-refractivity contribution is 5.99. The Morgan fingerprint density at radius 3 is 2.58 bits per heavy atom. The highest BCUT2D eigenvalue weighted by Gasteiger charge is 2.20. The fourth-order valence-corrected chi connectivity index (χ4v) is 2.63. The summed E-state index contributed by atoms with van der Waals surface area (Å²) in [7, 11) is 0. The highest BCUT2D eigenvalue weighted by Crippen LogP contribution is 2.32. The van der Waals surface area contributed by atoms with Crippen LogP contribution in [0, 0.1) is 5.82 Å². The SMILES string of the molecule is CCN(CC(=O)Nc1ccc2c(c1)OCCO2)C(=O)c1ccccc1F. The van der Waals surface area contributed by atoms with Crippen LogP contribution in [0.25, 0.3) is 0 Å². The van der Waals surface area contributed by atoms with Crippen LogP contribution in [0.15, 0.2) is 42.5 Å². The molecule has 6 nitrogen and oxygen atoms in total. The first-order chi connectivity index (χ1) is 12.6. The summed E-state index contributed by atoms with van der Waals surface area (Å²) in [6, 6.07) is 10.8. The fraction of sp³-hybridized carbons (Fsp3) is 0.263. The monoisotopic (exact) mass is 358 g/mol. The Hall–Kier alpha value is -3.09. The number of carbonyl (C=O) groups excluding carboxylic acids is 2. The van der Waals surface area contributed by atoms with Crippen molar-refractivity contribution in [3.63, 3.8) is 0 Å². The third-order valence-electron chi connectivity index (χ3n) is 3.93. The van der Waals surface area contributed by atoms with E-state index in [0.29, 0.717) is 30.4 Å². The number of amides is 2. The molecule has 0 saturated heterocycles. The first-order valence-electron chi connectivity index (χ1n) is 8.31. The molecule has 0 unspecified atom stereocenters. The third-order valence-corrected chi connectivity index (χ3v) is 3.93. The zero-order chi connectivity index (χ0) is 18.5. The van der Waals surface area contributed by atoms with Gasteiger partial charge >= 0.3 is 0 Å². The first-order valence-corrected chi connectivity index (χ1v) is 8.31.